The molecule has 1 aromatic rings. The maximum atomic E-state index is 12.6. The first-order chi connectivity index (χ1) is 12.5. The van der Waals surface area contributed by atoms with Gasteiger partial charge in [-0.2, -0.15) is 0 Å². The van der Waals surface area contributed by atoms with Gasteiger partial charge in [-0.1, -0.05) is 28.8 Å². The van der Waals surface area contributed by atoms with E-state index in [1.54, 1.807) is 11.9 Å². The fourth-order valence-corrected chi connectivity index (χ4v) is 3.60. The molecule has 6 nitrogen and oxygen atoms in total. The van der Waals surface area contributed by atoms with E-state index in [9.17, 15) is 4.79 Å². The molecule has 0 radical (unpaired) electrons. The molecule has 0 saturated heterocycles. The van der Waals surface area contributed by atoms with Crippen LogP contribution in [0.1, 0.15) is 25.7 Å². The lowest BCUT2D eigenvalue weighted by Crippen LogP contribution is -2.49. The van der Waals surface area contributed by atoms with Crippen LogP contribution in [0.2, 0.25) is 0 Å². The van der Waals surface area contributed by atoms with Crippen LogP contribution in [-0.2, 0) is 4.79 Å². The van der Waals surface area contributed by atoms with Crippen LogP contribution < -0.4 is 15.4 Å². The maximum absolute atomic E-state index is 12.6. The van der Waals surface area contributed by atoms with Gasteiger partial charge in [0.2, 0.25) is 5.91 Å². The highest BCUT2D eigenvalue weighted by Crippen LogP contribution is 2.38. The minimum Gasteiger partial charge on any atom is -0.492 e. The van der Waals surface area contributed by atoms with Gasteiger partial charge in [0.05, 0.1) is 12.0 Å². The zero-order valence-electron chi connectivity index (χ0n) is 16.3. The van der Waals surface area contributed by atoms with E-state index in [0.717, 1.165) is 35.9 Å². The molecule has 0 bridgehead atoms. The molecular formula is C19H30BrIN4O2. The van der Waals surface area contributed by atoms with E-state index >= 15 is 0 Å². The SMILES string of the molecule is CN=C(NCCOc1ccc(Br)cc1)NCC1(C(=O)N(C)C)CCCC1.I. The van der Waals surface area contributed by atoms with Crippen molar-refractivity contribution in [3.8, 4) is 5.75 Å². The van der Waals surface area contributed by atoms with Gasteiger partial charge in [-0.05, 0) is 37.1 Å². The molecule has 0 unspecified atom stereocenters. The van der Waals surface area contributed by atoms with Crippen molar-refractivity contribution in [3.05, 3.63) is 28.7 Å². The van der Waals surface area contributed by atoms with Gasteiger partial charge < -0.3 is 20.3 Å². The van der Waals surface area contributed by atoms with Gasteiger partial charge >= 0.3 is 0 Å². The predicted molar refractivity (Wildman–Crippen MR) is 124 cm³/mol. The van der Waals surface area contributed by atoms with Crippen molar-refractivity contribution in [3.63, 3.8) is 0 Å². The minimum absolute atomic E-state index is 0. The molecule has 1 fully saturated rings. The van der Waals surface area contributed by atoms with Crippen molar-refractivity contribution in [2.24, 2.45) is 10.4 Å². The van der Waals surface area contributed by atoms with Crippen LogP contribution in [0.4, 0.5) is 0 Å². The zero-order chi connectivity index (χ0) is 19.0. The number of guanidine groups is 1. The molecule has 0 atom stereocenters. The third-order valence-corrected chi connectivity index (χ3v) is 5.24. The van der Waals surface area contributed by atoms with Gasteiger partial charge in [0.15, 0.2) is 5.96 Å². The van der Waals surface area contributed by atoms with Gasteiger partial charge in [0, 0.05) is 32.2 Å². The predicted octanol–water partition coefficient (Wildman–Crippen LogP) is 3.26. The average molecular weight is 553 g/mol. The summed E-state index contributed by atoms with van der Waals surface area (Å²) in [4.78, 5) is 18.6. The lowest BCUT2D eigenvalue weighted by Gasteiger charge is -2.31. The van der Waals surface area contributed by atoms with Crippen LogP contribution in [0.5, 0.6) is 5.75 Å². The Morgan fingerprint density at radius 1 is 1.22 bits per heavy atom. The highest BCUT2D eigenvalue weighted by Gasteiger charge is 2.42. The standard InChI is InChI=1S/C19H29BrN4O2.HI/c1-21-18(22-12-13-26-16-8-6-15(20)7-9-16)23-14-19(10-4-5-11-19)17(25)24(2)3;/h6-9H,4-5,10-14H2,1-3H3,(H2,21,22,23);1H. The molecule has 0 heterocycles. The van der Waals surface area contributed by atoms with Crippen molar-refractivity contribution < 1.29 is 9.53 Å². The highest BCUT2D eigenvalue weighted by molar-refractivity contribution is 14.0. The number of nitrogens with one attached hydrogen (secondary N) is 2. The number of halogens is 2. The van der Waals surface area contributed by atoms with Crippen LogP contribution in [0.15, 0.2) is 33.7 Å². The van der Waals surface area contributed by atoms with Gasteiger partial charge in [-0.15, -0.1) is 24.0 Å². The fraction of sp³-hybridized carbons (Fsp3) is 0.579. The van der Waals surface area contributed by atoms with E-state index < -0.39 is 0 Å². The molecule has 27 heavy (non-hydrogen) atoms. The third kappa shape index (κ3) is 7.14. The summed E-state index contributed by atoms with van der Waals surface area (Å²) in [6.45, 7) is 1.77. The number of benzene rings is 1. The summed E-state index contributed by atoms with van der Waals surface area (Å²) in [6, 6.07) is 7.75. The van der Waals surface area contributed by atoms with Crippen molar-refractivity contribution >= 4 is 51.8 Å². The molecule has 152 valence electrons. The Morgan fingerprint density at radius 2 is 1.85 bits per heavy atom. The lowest BCUT2D eigenvalue weighted by atomic mass is 9.84. The molecular weight excluding hydrogens is 523 g/mol. The molecule has 2 rings (SSSR count). The lowest BCUT2D eigenvalue weighted by molar-refractivity contribution is -0.138. The van der Waals surface area contributed by atoms with Crippen LogP contribution in [0, 0.1) is 5.41 Å². The van der Waals surface area contributed by atoms with Crippen molar-refractivity contribution in [2.45, 2.75) is 25.7 Å². The number of hydrogen-bond acceptors (Lipinski definition) is 3. The average Bonchev–Trinajstić information content (AvgIpc) is 3.12. The second kappa shape index (κ2) is 11.7. The molecule has 8 heteroatoms. The molecule has 0 spiro atoms. The summed E-state index contributed by atoms with van der Waals surface area (Å²) in [6.07, 6.45) is 4.07. The maximum Gasteiger partial charge on any atom is 0.230 e. The van der Waals surface area contributed by atoms with Gasteiger partial charge in [0.25, 0.3) is 0 Å². The summed E-state index contributed by atoms with van der Waals surface area (Å²) in [7, 11) is 5.39. The Hall–Kier alpha value is -1.03. The second-order valence-corrected chi connectivity index (χ2v) is 7.76. The van der Waals surface area contributed by atoms with E-state index in [1.807, 2.05) is 38.4 Å². The molecule has 0 aliphatic heterocycles. The Labute approximate surface area is 187 Å². The number of hydrogen-bond donors (Lipinski definition) is 2. The zero-order valence-corrected chi connectivity index (χ0v) is 20.2. The summed E-state index contributed by atoms with van der Waals surface area (Å²) in [5.74, 6) is 1.73. The number of nitrogens with zero attached hydrogens (tertiary/aromatic N) is 2. The number of rotatable bonds is 7. The molecule has 1 saturated carbocycles. The van der Waals surface area contributed by atoms with Crippen molar-refractivity contribution in [1.82, 2.24) is 15.5 Å². The molecule has 2 N–H and O–H groups in total. The van der Waals surface area contributed by atoms with Crippen molar-refractivity contribution in [2.75, 3.05) is 40.8 Å². The minimum atomic E-state index is -0.310. The van der Waals surface area contributed by atoms with Gasteiger partial charge in [-0.3, -0.25) is 9.79 Å². The quantitative estimate of drug-likeness (QED) is 0.236. The summed E-state index contributed by atoms with van der Waals surface area (Å²) < 4.78 is 6.72. The summed E-state index contributed by atoms with van der Waals surface area (Å²) >= 11 is 3.41. The molecule has 1 aliphatic rings. The van der Waals surface area contributed by atoms with E-state index in [0.29, 0.717) is 25.7 Å². The largest absolute Gasteiger partial charge is 0.492 e. The summed E-state index contributed by atoms with van der Waals surface area (Å²) in [5.41, 5.74) is -0.310. The number of carbonyl (C=O) groups is 1. The number of amides is 1. The smallest absolute Gasteiger partial charge is 0.230 e. The highest BCUT2D eigenvalue weighted by atomic mass is 127. The van der Waals surface area contributed by atoms with Crippen LogP contribution >= 0.6 is 39.9 Å². The first-order valence-corrected chi connectivity index (χ1v) is 9.81. The van der Waals surface area contributed by atoms with E-state index in [4.69, 9.17) is 4.74 Å². The Bertz CT molecular complexity index is 617. The van der Waals surface area contributed by atoms with E-state index in [-0.39, 0.29) is 35.3 Å². The van der Waals surface area contributed by atoms with Crippen LogP contribution in [-0.4, -0.2) is 57.6 Å². The van der Waals surface area contributed by atoms with Crippen LogP contribution in [0.25, 0.3) is 0 Å². The second-order valence-electron chi connectivity index (χ2n) is 6.84. The monoisotopic (exact) mass is 552 g/mol. The van der Waals surface area contributed by atoms with E-state index in [1.165, 1.54) is 0 Å². The van der Waals surface area contributed by atoms with Gasteiger partial charge in [0.1, 0.15) is 12.4 Å². The fourth-order valence-electron chi connectivity index (χ4n) is 3.34. The normalized spacial score (nSPS) is 15.6. The van der Waals surface area contributed by atoms with Crippen molar-refractivity contribution in [1.29, 1.82) is 0 Å². The molecule has 1 aromatic carbocycles. The first-order valence-electron chi connectivity index (χ1n) is 9.01. The molecule has 0 aromatic heterocycles. The summed E-state index contributed by atoms with van der Waals surface area (Å²) in [5, 5.41) is 6.56. The van der Waals surface area contributed by atoms with Crippen LogP contribution in [0.3, 0.4) is 0 Å². The number of carbonyl (C=O) groups excluding carboxylic acids is 1. The Kier molecular flexibility index (Phi) is 10.4. The third-order valence-electron chi connectivity index (χ3n) is 4.72. The first kappa shape index (κ1) is 24.0. The topological polar surface area (TPSA) is 66.0 Å². The van der Waals surface area contributed by atoms with Gasteiger partial charge in [-0.25, -0.2) is 0 Å². The molecule has 1 amide bonds. The molecule has 1 aliphatic carbocycles. The Morgan fingerprint density at radius 3 is 2.41 bits per heavy atom. The Balaban J connectivity index is 0.00000364. The number of ether oxygens (including phenoxy) is 1. The van der Waals surface area contributed by atoms with E-state index in [2.05, 4.69) is 31.6 Å². The number of aliphatic imine (C=N–C) groups is 1.